The van der Waals surface area contributed by atoms with Crippen LogP contribution >= 0.6 is 0 Å². The zero-order valence-electron chi connectivity index (χ0n) is 15.3. The van der Waals surface area contributed by atoms with E-state index < -0.39 is 23.5 Å². The Labute approximate surface area is 165 Å². The van der Waals surface area contributed by atoms with E-state index in [1.54, 1.807) is 12.1 Å². The quantitative estimate of drug-likeness (QED) is 0.538. The van der Waals surface area contributed by atoms with Gasteiger partial charge in [-0.05, 0) is 36.4 Å². The number of rotatable bonds is 6. The van der Waals surface area contributed by atoms with E-state index in [0.717, 1.165) is 7.11 Å². The number of esters is 1. The molecule has 6 nitrogen and oxygen atoms in total. The van der Waals surface area contributed by atoms with Gasteiger partial charge < -0.3 is 21.1 Å². The van der Waals surface area contributed by atoms with E-state index in [2.05, 4.69) is 10.6 Å². The van der Waals surface area contributed by atoms with Crippen LogP contribution in [0, 0.1) is 11.6 Å². The van der Waals surface area contributed by atoms with Crippen LogP contribution in [0.4, 0.5) is 31.5 Å². The zero-order chi connectivity index (χ0) is 21.0. The Balaban J connectivity index is 2.16. The van der Waals surface area contributed by atoms with E-state index in [4.69, 9.17) is 10.5 Å². The number of nitrogens with two attached hydrogens (primary N) is 1. The van der Waals surface area contributed by atoms with Crippen LogP contribution in [0.5, 0.6) is 0 Å². The second-order valence-electron chi connectivity index (χ2n) is 6.01. The van der Waals surface area contributed by atoms with Gasteiger partial charge in [0.25, 0.3) is 0 Å². The molecule has 8 heteroatoms. The van der Waals surface area contributed by atoms with E-state index in [-0.39, 0.29) is 33.9 Å². The van der Waals surface area contributed by atoms with Crippen LogP contribution < -0.4 is 16.4 Å². The van der Waals surface area contributed by atoms with Gasteiger partial charge in [0.1, 0.15) is 11.6 Å². The minimum atomic E-state index is -0.876. The maximum absolute atomic E-state index is 14.1. The van der Waals surface area contributed by atoms with Crippen LogP contribution in [0.1, 0.15) is 20.7 Å². The number of para-hydroxylation sites is 2. The van der Waals surface area contributed by atoms with Gasteiger partial charge in [-0.2, -0.15) is 0 Å². The molecule has 0 aliphatic rings. The van der Waals surface area contributed by atoms with Gasteiger partial charge in [0, 0.05) is 0 Å². The molecule has 0 saturated carbocycles. The molecule has 0 fully saturated rings. The van der Waals surface area contributed by atoms with Gasteiger partial charge in [-0.15, -0.1) is 0 Å². The molecule has 3 aromatic rings. The monoisotopic (exact) mass is 397 g/mol. The number of hydrogen-bond donors (Lipinski definition) is 3. The smallest absolute Gasteiger partial charge is 0.338 e. The molecule has 0 atom stereocenters. The van der Waals surface area contributed by atoms with Gasteiger partial charge in [0.15, 0.2) is 0 Å². The number of hydrogen-bond acceptors (Lipinski definition) is 5. The van der Waals surface area contributed by atoms with Crippen molar-refractivity contribution in [1.82, 2.24) is 0 Å². The summed E-state index contributed by atoms with van der Waals surface area (Å²) < 4.78 is 32.9. The van der Waals surface area contributed by atoms with Gasteiger partial charge in [0.2, 0.25) is 5.91 Å². The summed E-state index contributed by atoms with van der Waals surface area (Å²) in [4.78, 5) is 24.0. The number of anilines is 4. The highest BCUT2D eigenvalue weighted by molar-refractivity contribution is 6.07. The van der Waals surface area contributed by atoms with E-state index in [1.165, 1.54) is 48.5 Å². The average molecular weight is 397 g/mol. The Morgan fingerprint density at radius 2 is 1.24 bits per heavy atom. The molecule has 0 saturated heterocycles. The molecule has 3 aromatic carbocycles. The highest BCUT2D eigenvalue weighted by Crippen LogP contribution is 2.33. The number of carbonyl (C=O) groups is 2. The second kappa shape index (κ2) is 8.39. The fourth-order valence-electron chi connectivity index (χ4n) is 2.70. The summed E-state index contributed by atoms with van der Waals surface area (Å²) >= 11 is 0. The molecule has 0 aliphatic heterocycles. The molecule has 0 aliphatic carbocycles. The third kappa shape index (κ3) is 4.32. The summed E-state index contributed by atoms with van der Waals surface area (Å²) in [6.45, 7) is 0. The third-order valence-electron chi connectivity index (χ3n) is 4.11. The molecule has 0 bridgehead atoms. The molecular weight excluding hydrogens is 380 g/mol. The first-order valence-corrected chi connectivity index (χ1v) is 8.50. The molecule has 0 heterocycles. The Bertz CT molecular complexity index is 1090. The average Bonchev–Trinajstić information content (AvgIpc) is 2.71. The summed E-state index contributed by atoms with van der Waals surface area (Å²) in [6.07, 6.45) is 0. The second-order valence-corrected chi connectivity index (χ2v) is 6.01. The summed E-state index contributed by atoms with van der Waals surface area (Å²) in [5, 5.41) is 5.69. The molecule has 29 heavy (non-hydrogen) atoms. The predicted molar refractivity (Wildman–Crippen MR) is 106 cm³/mol. The van der Waals surface area contributed by atoms with Crippen LogP contribution in [0.2, 0.25) is 0 Å². The van der Waals surface area contributed by atoms with Crippen molar-refractivity contribution in [3.05, 3.63) is 83.4 Å². The lowest BCUT2D eigenvalue weighted by molar-refractivity contribution is 0.0597. The number of benzene rings is 3. The number of nitrogens with one attached hydrogen (secondary N) is 2. The topological polar surface area (TPSA) is 93.4 Å². The number of amides is 1. The maximum atomic E-state index is 14.1. The van der Waals surface area contributed by atoms with Crippen molar-refractivity contribution in [2.24, 2.45) is 5.73 Å². The Morgan fingerprint density at radius 3 is 1.66 bits per heavy atom. The van der Waals surface area contributed by atoms with Crippen LogP contribution in [0.15, 0.2) is 60.7 Å². The minimum Gasteiger partial charge on any atom is -0.465 e. The number of primary amides is 1. The molecule has 148 valence electrons. The molecule has 0 aromatic heterocycles. The van der Waals surface area contributed by atoms with Crippen LogP contribution in [-0.2, 0) is 4.74 Å². The summed E-state index contributed by atoms with van der Waals surface area (Å²) in [6, 6.07) is 14.3. The number of ether oxygens (including phenoxy) is 1. The van der Waals surface area contributed by atoms with Crippen molar-refractivity contribution in [2.75, 3.05) is 17.7 Å². The van der Waals surface area contributed by atoms with Gasteiger partial charge in [-0.3, -0.25) is 4.79 Å². The zero-order valence-corrected chi connectivity index (χ0v) is 15.3. The normalized spacial score (nSPS) is 10.3. The molecule has 4 N–H and O–H groups in total. The summed E-state index contributed by atoms with van der Waals surface area (Å²) in [5.41, 5.74) is 5.81. The minimum absolute atomic E-state index is 0.113. The van der Waals surface area contributed by atoms with Gasteiger partial charge >= 0.3 is 5.97 Å². The fraction of sp³-hybridized carbons (Fsp3) is 0.0476. The maximum Gasteiger partial charge on any atom is 0.338 e. The van der Waals surface area contributed by atoms with Crippen molar-refractivity contribution in [1.29, 1.82) is 0 Å². The highest BCUT2D eigenvalue weighted by Gasteiger charge is 2.21. The Kier molecular flexibility index (Phi) is 5.73. The van der Waals surface area contributed by atoms with Crippen LogP contribution in [0.25, 0.3) is 0 Å². The van der Waals surface area contributed by atoms with E-state index >= 15 is 0 Å². The molecule has 1 amide bonds. The van der Waals surface area contributed by atoms with E-state index in [1.807, 2.05) is 0 Å². The standard InChI is InChI=1S/C21H17F2N3O3/c1-29-21(28)13-11-19(26-17-9-5-3-7-15(17)23)18(10-12(13)20(24)27)25-16-8-4-2-6-14(16)22/h2-11,25-26H,1H3,(H2,24,27). The predicted octanol–water partition coefficient (Wildman–Crippen LogP) is 4.34. The lowest BCUT2D eigenvalue weighted by atomic mass is 10.0. The molecular formula is C21H17F2N3O3. The first-order chi connectivity index (χ1) is 13.9. The SMILES string of the molecule is COC(=O)c1cc(Nc2ccccc2F)c(Nc2ccccc2F)cc1C(N)=O. The number of methoxy groups -OCH3 is 1. The van der Waals surface area contributed by atoms with E-state index in [9.17, 15) is 18.4 Å². The number of carbonyl (C=O) groups excluding carboxylic acids is 2. The van der Waals surface area contributed by atoms with Gasteiger partial charge in [0.05, 0.1) is 41.0 Å². The van der Waals surface area contributed by atoms with Crippen LogP contribution in [0.3, 0.4) is 0 Å². The Hall–Kier alpha value is -3.94. The summed E-state index contributed by atoms with van der Waals surface area (Å²) in [5.74, 6) is -2.75. The van der Waals surface area contributed by atoms with Crippen molar-refractivity contribution in [2.45, 2.75) is 0 Å². The van der Waals surface area contributed by atoms with Crippen molar-refractivity contribution in [3.8, 4) is 0 Å². The lowest BCUT2D eigenvalue weighted by Gasteiger charge is -2.18. The summed E-state index contributed by atoms with van der Waals surface area (Å²) in [7, 11) is 1.16. The first-order valence-electron chi connectivity index (χ1n) is 8.50. The molecule has 3 rings (SSSR count). The van der Waals surface area contributed by atoms with Crippen LogP contribution in [-0.4, -0.2) is 19.0 Å². The molecule has 0 unspecified atom stereocenters. The van der Waals surface area contributed by atoms with Gasteiger partial charge in [-0.25, -0.2) is 13.6 Å². The third-order valence-corrected chi connectivity index (χ3v) is 4.11. The Morgan fingerprint density at radius 1 is 0.793 bits per heavy atom. The highest BCUT2D eigenvalue weighted by atomic mass is 19.1. The van der Waals surface area contributed by atoms with Crippen molar-refractivity contribution >= 4 is 34.6 Å². The molecule has 0 radical (unpaired) electrons. The number of halogens is 2. The molecule has 0 spiro atoms. The first kappa shape index (κ1) is 19.8. The van der Waals surface area contributed by atoms with Gasteiger partial charge in [-0.1, -0.05) is 24.3 Å². The van der Waals surface area contributed by atoms with Crippen molar-refractivity contribution in [3.63, 3.8) is 0 Å². The lowest BCUT2D eigenvalue weighted by Crippen LogP contribution is -2.18. The van der Waals surface area contributed by atoms with Crippen molar-refractivity contribution < 1.29 is 23.1 Å². The van der Waals surface area contributed by atoms with E-state index in [0.29, 0.717) is 0 Å². The largest absolute Gasteiger partial charge is 0.465 e. The fourth-order valence-corrected chi connectivity index (χ4v) is 2.70.